The third-order valence-electron chi connectivity index (χ3n) is 3.82. The number of alkyl halides is 3. The van der Waals surface area contributed by atoms with Gasteiger partial charge in [-0.2, -0.15) is 13.2 Å². The smallest absolute Gasteiger partial charge is 0.417 e. The van der Waals surface area contributed by atoms with E-state index in [2.05, 4.69) is 5.32 Å². The molecule has 2 aromatic carbocycles. The van der Waals surface area contributed by atoms with Crippen molar-refractivity contribution in [2.24, 2.45) is 0 Å². The van der Waals surface area contributed by atoms with Gasteiger partial charge in [-0.15, -0.1) is 0 Å². The monoisotopic (exact) mass is 321 g/mol. The first kappa shape index (κ1) is 15.4. The molecule has 0 bridgehead atoms. The second kappa shape index (κ2) is 5.61. The van der Waals surface area contributed by atoms with Gasteiger partial charge in [-0.3, -0.25) is 4.79 Å². The van der Waals surface area contributed by atoms with E-state index in [9.17, 15) is 18.0 Å². The number of fused-ring (bicyclic) bond motifs is 1. The molecule has 120 valence electrons. The van der Waals surface area contributed by atoms with Crippen LogP contribution in [0.4, 0.5) is 13.2 Å². The molecule has 2 aromatic rings. The van der Waals surface area contributed by atoms with Crippen molar-refractivity contribution in [3.8, 4) is 5.75 Å². The van der Waals surface area contributed by atoms with Crippen LogP contribution in [0, 0.1) is 0 Å². The molecule has 23 heavy (non-hydrogen) atoms. The molecule has 0 spiro atoms. The van der Waals surface area contributed by atoms with Crippen LogP contribution in [0.5, 0.6) is 5.75 Å². The lowest BCUT2D eigenvalue weighted by Gasteiger charge is -2.13. The van der Waals surface area contributed by atoms with E-state index in [0.717, 1.165) is 11.6 Å². The summed E-state index contributed by atoms with van der Waals surface area (Å²) in [5.41, 5.74) is 0.673. The zero-order valence-electron chi connectivity index (χ0n) is 12.3. The van der Waals surface area contributed by atoms with E-state index in [-0.39, 0.29) is 12.1 Å². The van der Waals surface area contributed by atoms with Gasteiger partial charge >= 0.3 is 6.18 Å². The number of halogens is 3. The highest BCUT2D eigenvalue weighted by Crippen LogP contribution is 2.36. The summed E-state index contributed by atoms with van der Waals surface area (Å²) in [4.78, 5) is 11.6. The molecule has 0 radical (unpaired) electrons. The lowest BCUT2D eigenvalue weighted by molar-refractivity contribution is -0.138. The number of carbonyl (C=O) groups excluding carboxylic acids is 1. The SMILES string of the molecule is COc1ccc(Cc2cc3c(c(C(F)(F)F)c2)C(=O)NC3)cc1. The summed E-state index contributed by atoms with van der Waals surface area (Å²) in [7, 11) is 1.55. The minimum Gasteiger partial charge on any atom is -0.497 e. The third-order valence-corrected chi connectivity index (χ3v) is 3.82. The van der Waals surface area contributed by atoms with Gasteiger partial charge in [0.1, 0.15) is 5.75 Å². The van der Waals surface area contributed by atoms with Crippen molar-refractivity contribution in [1.29, 1.82) is 0 Å². The Balaban J connectivity index is 1.98. The lowest BCUT2D eigenvalue weighted by Crippen LogP contribution is -2.17. The zero-order valence-corrected chi connectivity index (χ0v) is 12.3. The molecular weight excluding hydrogens is 307 g/mol. The average molecular weight is 321 g/mol. The lowest BCUT2D eigenvalue weighted by atomic mass is 9.95. The van der Waals surface area contributed by atoms with Gasteiger partial charge in [0, 0.05) is 6.54 Å². The molecule has 1 amide bonds. The Hall–Kier alpha value is -2.50. The molecule has 0 unspecified atom stereocenters. The topological polar surface area (TPSA) is 38.3 Å². The molecule has 0 fully saturated rings. The van der Waals surface area contributed by atoms with E-state index in [4.69, 9.17) is 4.74 Å². The van der Waals surface area contributed by atoms with Gasteiger partial charge in [0.2, 0.25) is 0 Å². The van der Waals surface area contributed by atoms with Crippen LogP contribution in [0.25, 0.3) is 0 Å². The van der Waals surface area contributed by atoms with Gasteiger partial charge in [-0.1, -0.05) is 18.2 Å². The average Bonchev–Trinajstić information content (AvgIpc) is 2.88. The largest absolute Gasteiger partial charge is 0.497 e. The number of carbonyl (C=O) groups is 1. The Labute approximate surface area is 131 Å². The highest BCUT2D eigenvalue weighted by atomic mass is 19.4. The summed E-state index contributed by atoms with van der Waals surface area (Å²) >= 11 is 0. The molecule has 1 aliphatic rings. The maximum atomic E-state index is 13.2. The van der Waals surface area contributed by atoms with Crippen molar-refractivity contribution in [3.05, 3.63) is 64.2 Å². The fourth-order valence-corrected chi connectivity index (χ4v) is 2.74. The highest BCUT2D eigenvalue weighted by molar-refractivity contribution is 6.00. The molecule has 0 atom stereocenters. The van der Waals surface area contributed by atoms with Crippen LogP contribution in [-0.4, -0.2) is 13.0 Å². The molecule has 0 aliphatic carbocycles. The van der Waals surface area contributed by atoms with Crippen molar-refractivity contribution in [3.63, 3.8) is 0 Å². The van der Waals surface area contributed by atoms with E-state index in [1.165, 1.54) is 0 Å². The van der Waals surface area contributed by atoms with Crippen molar-refractivity contribution in [2.75, 3.05) is 7.11 Å². The van der Waals surface area contributed by atoms with Crippen LogP contribution >= 0.6 is 0 Å². The summed E-state index contributed by atoms with van der Waals surface area (Å²) in [5.74, 6) is 0.0248. The fourth-order valence-electron chi connectivity index (χ4n) is 2.74. The Morgan fingerprint density at radius 3 is 2.43 bits per heavy atom. The van der Waals surface area contributed by atoms with Crippen molar-refractivity contribution in [2.45, 2.75) is 19.1 Å². The number of ether oxygens (including phenoxy) is 1. The number of methoxy groups -OCH3 is 1. The van der Waals surface area contributed by atoms with Gasteiger partial charge in [-0.05, 0) is 41.3 Å². The second-order valence-electron chi connectivity index (χ2n) is 5.38. The predicted molar refractivity (Wildman–Crippen MR) is 78.4 cm³/mol. The van der Waals surface area contributed by atoms with E-state index >= 15 is 0 Å². The Morgan fingerprint density at radius 2 is 1.83 bits per heavy atom. The van der Waals surface area contributed by atoms with E-state index in [0.29, 0.717) is 23.3 Å². The zero-order chi connectivity index (χ0) is 16.6. The molecular formula is C17H14F3NO2. The number of benzene rings is 2. The first-order chi connectivity index (χ1) is 10.9. The number of rotatable bonds is 3. The van der Waals surface area contributed by atoms with E-state index < -0.39 is 17.6 Å². The molecule has 1 aliphatic heterocycles. The number of nitrogens with one attached hydrogen (secondary N) is 1. The normalized spacial score (nSPS) is 13.7. The van der Waals surface area contributed by atoms with Crippen LogP contribution in [0.2, 0.25) is 0 Å². The summed E-state index contributed by atoms with van der Waals surface area (Å²) in [6, 6.07) is 9.86. The molecule has 6 heteroatoms. The van der Waals surface area contributed by atoms with Crippen LogP contribution in [-0.2, 0) is 19.1 Å². The fraction of sp³-hybridized carbons (Fsp3) is 0.235. The maximum Gasteiger partial charge on any atom is 0.417 e. The van der Waals surface area contributed by atoms with Gasteiger partial charge in [0.05, 0.1) is 18.2 Å². The van der Waals surface area contributed by atoms with Crippen molar-refractivity contribution >= 4 is 5.91 Å². The molecule has 0 saturated heterocycles. The van der Waals surface area contributed by atoms with Crippen LogP contribution in [0.15, 0.2) is 36.4 Å². The van der Waals surface area contributed by atoms with Crippen LogP contribution < -0.4 is 10.1 Å². The highest BCUT2D eigenvalue weighted by Gasteiger charge is 2.38. The van der Waals surface area contributed by atoms with Gasteiger partial charge < -0.3 is 10.1 Å². The third kappa shape index (κ3) is 3.02. The number of amides is 1. The van der Waals surface area contributed by atoms with Gasteiger partial charge in [0.15, 0.2) is 0 Å². The van der Waals surface area contributed by atoms with Crippen LogP contribution in [0.1, 0.15) is 32.6 Å². The molecule has 3 nitrogen and oxygen atoms in total. The molecule has 1 N–H and O–H groups in total. The molecule has 0 aromatic heterocycles. The Morgan fingerprint density at radius 1 is 1.13 bits per heavy atom. The Bertz CT molecular complexity index is 752. The predicted octanol–water partition coefficient (Wildman–Crippen LogP) is 3.55. The minimum absolute atomic E-state index is 0.133. The summed E-state index contributed by atoms with van der Waals surface area (Å²) in [5, 5.41) is 2.45. The maximum absolute atomic E-state index is 13.2. The second-order valence-corrected chi connectivity index (χ2v) is 5.38. The standard InChI is InChI=1S/C17H14F3NO2/c1-23-13-4-2-10(3-5-13)6-11-7-12-9-21-16(22)15(12)14(8-11)17(18,19)20/h2-5,7-8H,6,9H2,1H3,(H,21,22). The van der Waals surface area contributed by atoms with Crippen molar-refractivity contribution in [1.82, 2.24) is 5.32 Å². The van der Waals surface area contributed by atoms with Gasteiger partial charge in [0.25, 0.3) is 5.91 Å². The summed E-state index contributed by atoms with van der Waals surface area (Å²) in [6.45, 7) is 0.133. The van der Waals surface area contributed by atoms with Gasteiger partial charge in [-0.25, -0.2) is 0 Å². The van der Waals surface area contributed by atoms with Crippen LogP contribution in [0.3, 0.4) is 0 Å². The van der Waals surface area contributed by atoms with E-state index in [1.54, 1.807) is 25.3 Å². The molecule has 0 saturated carbocycles. The quantitative estimate of drug-likeness (QED) is 0.939. The summed E-state index contributed by atoms with van der Waals surface area (Å²) < 4.78 is 44.8. The minimum atomic E-state index is -4.55. The number of hydrogen-bond acceptors (Lipinski definition) is 2. The molecule has 1 heterocycles. The Kier molecular flexibility index (Phi) is 3.75. The number of hydrogen-bond donors (Lipinski definition) is 1. The van der Waals surface area contributed by atoms with Crippen molar-refractivity contribution < 1.29 is 22.7 Å². The van der Waals surface area contributed by atoms with E-state index in [1.807, 2.05) is 12.1 Å². The summed E-state index contributed by atoms with van der Waals surface area (Å²) in [6.07, 6.45) is -4.20. The first-order valence-corrected chi connectivity index (χ1v) is 7.02. The first-order valence-electron chi connectivity index (χ1n) is 7.02. The molecule has 3 rings (SSSR count).